The van der Waals surface area contributed by atoms with Crippen LogP contribution in [0, 0.1) is 0 Å². The van der Waals surface area contributed by atoms with E-state index in [9.17, 15) is 9.59 Å². The third kappa shape index (κ3) is 1.54. The lowest BCUT2D eigenvalue weighted by molar-refractivity contribution is -0.118. The number of carbonyl (C=O) groups is 2. The first-order valence-electron chi connectivity index (χ1n) is 4.97. The van der Waals surface area contributed by atoms with Crippen LogP contribution in [0.15, 0.2) is 6.07 Å². The molecule has 1 aliphatic rings. The minimum atomic E-state index is 0.0158. The number of aryl methyl sites for hydroxylation is 1. The number of aromatic nitrogens is 1. The fraction of sp³-hybridized carbons (Fsp3) is 0.364. The van der Waals surface area contributed by atoms with Gasteiger partial charge in [0.05, 0.1) is 7.11 Å². The van der Waals surface area contributed by atoms with Gasteiger partial charge in [0, 0.05) is 13.5 Å². The van der Waals surface area contributed by atoms with Crippen LogP contribution in [-0.4, -0.2) is 31.3 Å². The minimum absolute atomic E-state index is 0.0158. The summed E-state index contributed by atoms with van der Waals surface area (Å²) in [6.45, 7) is 0. The van der Waals surface area contributed by atoms with E-state index in [0.717, 1.165) is 5.56 Å². The zero-order valence-electron chi connectivity index (χ0n) is 9.19. The number of amides is 1. The van der Waals surface area contributed by atoms with Gasteiger partial charge in [0.2, 0.25) is 5.91 Å². The van der Waals surface area contributed by atoms with E-state index in [-0.39, 0.29) is 11.6 Å². The normalized spacial score (nSPS) is 14.6. The molecule has 0 spiro atoms. The molecule has 1 amide bonds. The number of pyridine rings is 1. The summed E-state index contributed by atoms with van der Waals surface area (Å²) >= 11 is 0. The Kier molecular flexibility index (Phi) is 2.60. The number of anilines is 1. The third-order valence-electron chi connectivity index (χ3n) is 2.70. The maximum absolute atomic E-state index is 11.5. The van der Waals surface area contributed by atoms with Crippen molar-refractivity contribution in [3.63, 3.8) is 0 Å². The van der Waals surface area contributed by atoms with Gasteiger partial charge in [-0.15, -0.1) is 0 Å². The largest absolute Gasteiger partial charge is 0.494 e. The molecule has 0 fully saturated rings. The summed E-state index contributed by atoms with van der Waals surface area (Å²) in [4.78, 5) is 27.9. The standard InChI is InChI=1S/C11H12N2O3/c1-13-10(15)4-3-7-5-9(16-2)8(6-14)12-11(7)13/h5-6H,3-4H2,1-2H3. The number of nitrogens with zero attached hydrogens (tertiary/aromatic N) is 2. The lowest BCUT2D eigenvalue weighted by Gasteiger charge is -2.25. The first-order valence-corrected chi connectivity index (χ1v) is 4.97. The van der Waals surface area contributed by atoms with Crippen LogP contribution in [0.3, 0.4) is 0 Å². The maximum Gasteiger partial charge on any atom is 0.228 e. The Bertz CT molecular complexity index is 457. The van der Waals surface area contributed by atoms with Gasteiger partial charge >= 0.3 is 0 Å². The number of hydrogen-bond donors (Lipinski definition) is 0. The monoisotopic (exact) mass is 220 g/mol. The molecule has 0 aromatic carbocycles. The summed E-state index contributed by atoms with van der Waals surface area (Å²) in [5.74, 6) is 1.03. The molecule has 0 saturated carbocycles. The number of fused-ring (bicyclic) bond motifs is 1. The second-order valence-electron chi connectivity index (χ2n) is 3.63. The summed E-state index contributed by atoms with van der Waals surface area (Å²) in [5.41, 5.74) is 1.16. The molecule has 0 atom stereocenters. The average Bonchev–Trinajstić information content (AvgIpc) is 2.32. The van der Waals surface area contributed by atoms with Crippen molar-refractivity contribution < 1.29 is 14.3 Å². The van der Waals surface area contributed by atoms with Gasteiger partial charge in [-0.3, -0.25) is 14.5 Å². The van der Waals surface area contributed by atoms with Crippen LogP contribution in [-0.2, 0) is 11.2 Å². The summed E-state index contributed by atoms with van der Waals surface area (Å²) in [6.07, 6.45) is 1.74. The van der Waals surface area contributed by atoms with Crippen LogP contribution in [0.5, 0.6) is 5.75 Å². The van der Waals surface area contributed by atoms with Crippen molar-refractivity contribution in [2.24, 2.45) is 0 Å². The summed E-state index contributed by atoms with van der Waals surface area (Å²) < 4.78 is 5.07. The van der Waals surface area contributed by atoms with Crippen LogP contribution >= 0.6 is 0 Å². The highest BCUT2D eigenvalue weighted by molar-refractivity contribution is 5.95. The number of methoxy groups -OCH3 is 1. The highest BCUT2D eigenvalue weighted by Gasteiger charge is 2.24. The molecule has 16 heavy (non-hydrogen) atoms. The molecule has 84 valence electrons. The van der Waals surface area contributed by atoms with Gasteiger partial charge in [0.25, 0.3) is 0 Å². The first kappa shape index (κ1) is 10.6. The van der Waals surface area contributed by atoms with Crippen molar-refractivity contribution >= 4 is 18.0 Å². The van der Waals surface area contributed by atoms with Gasteiger partial charge in [0.1, 0.15) is 17.3 Å². The number of hydrogen-bond acceptors (Lipinski definition) is 4. The van der Waals surface area contributed by atoms with E-state index in [1.54, 1.807) is 13.1 Å². The molecule has 2 heterocycles. The molecule has 0 radical (unpaired) electrons. The molecule has 1 aliphatic heterocycles. The second kappa shape index (κ2) is 3.92. The lowest BCUT2D eigenvalue weighted by atomic mass is 10.0. The van der Waals surface area contributed by atoms with Crippen molar-refractivity contribution in [1.29, 1.82) is 0 Å². The Hall–Kier alpha value is -1.91. The molecule has 5 heteroatoms. The van der Waals surface area contributed by atoms with E-state index in [4.69, 9.17) is 4.74 Å². The minimum Gasteiger partial charge on any atom is -0.494 e. The number of aldehydes is 1. The zero-order chi connectivity index (χ0) is 11.7. The van der Waals surface area contributed by atoms with Gasteiger partial charge in [-0.25, -0.2) is 4.98 Å². The fourth-order valence-electron chi connectivity index (χ4n) is 1.79. The van der Waals surface area contributed by atoms with E-state index in [1.807, 2.05) is 0 Å². The van der Waals surface area contributed by atoms with Gasteiger partial charge < -0.3 is 4.74 Å². The molecule has 0 aliphatic carbocycles. The molecule has 0 saturated heterocycles. The lowest BCUT2D eigenvalue weighted by Crippen LogP contribution is -2.32. The van der Waals surface area contributed by atoms with Gasteiger partial charge in [-0.05, 0) is 18.1 Å². The van der Waals surface area contributed by atoms with E-state index < -0.39 is 0 Å². The van der Waals surface area contributed by atoms with Crippen LogP contribution in [0.4, 0.5) is 5.82 Å². The van der Waals surface area contributed by atoms with Crippen molar-refractivity contribution in [2.45, 2.75) is 12.8 Å². The SMILES string of the molecule is COc1cc2c(nc1C=O)N(C)C(=O)CC2. The van der Waals surface area contributed by atoms with Crippen LogP contribution in [0.25, 0.3) is 0 Å². The zero-order valence-corrected chi connectivity index (χ0v) is 9.19. The first-order chi connectivity index (χ1) is 7.67. The summed E-state index contributed by atoms with van der Waals surface area (Å²) in [7, 11) is 3.16. The predicted octanol–water partition coefficient (Wildman–Crippen LogP) is 0.812. The van der Waals surface area contributed by atoms with Gasteiger partial charge in [-0.2, -0.15) is 0 Å². The highest BCUT2D eigenvalue weighted by atomic mass is 16.5. The topological polar surface area (TPSA) is 59.5 Å². The van der Waals surface area contributed by atoms with Crippen LogP contribution in [0.1, 0.15) is 22.5 Å². The number of carbonyl (C=O) groups excluding carboxylic acids is 2. The summed E-state index contributed by atoms with van der Waals surface area (Å²) in [5, 5.41) is 0. The van der Waals surface area contributed by atoms with E-state index in [0.29, 0.717) is 30.7 Å². The predicted molar refractivity (Wildman–Crippen MR) is 57.9 cm³/mol. The third-order valence-corrected chi connectivity index (χ3v) is 2.70. The van der Waals surface area contributed by atoms with Crippen LogP contribution < -0.4 is 9.64 Å². The molecular formula is C11H12N2O3. The maximum atomic E-state index is 11.5. The van der Waals surface area contributed by atoms with E-state index >= 15 is 0 Å². The molecular weight excluding hydrogens is 208 g/mol. The Morgan fingerprint density at radius 2 is 2.25 bits per heavy atom. The molecule has 0 N–H and O–H groups in total. The number of rotatable bonds is 2. The fourth-order valence-corrected chi connectivity index (χ4v) is 1.79. The number of ether oxygens (including phenoxy) is 1. The smallest absolute Gasteiger partial charge is 0.228 e. The Morgan fingerprint density at radius 3 is 2.88 bits per heavy atom. The summed E-state index contributed by atoms with van der Waals surface area (Å²) in [6, 6.07) is 1.77. The quantitative estimate of drug-likeness (QED) is 0.692. The van der Waals surface area contributed by atoms with E-state index in [2.05, 4.69) is 4.98 Å². The molecule has 1 aromatic heterocycles. The van der Waals surface area contributed by atoms with Crippen molar-refractivity contribution in [2.75, 3.05) is 19.1 Å². The Morgan fingerprint density at radius 1 is 1.50 bits per heavy atom. The Balaban J connectivity index is 2.56. The molecule has 0 bridgehead atoms. The highest BCUT2D eigenvalue weighted by Crippen LogP contribution is 2.29. The van der Waals surface area contributed by atoms with Crippen molar-refractivity contribution in [1.82, 2.24) is 4.98 Å². The molecule has 2 rings (SSSR count). The average molecular weight is 220 g/mol. The van der Waals surface area contributed by atoms with Crippen molar-refractivity contribution in [3.8, 4) is 5.75 Å². The van der Waals surface area contributed by atoms with Crippen LogP contribution in [0.2, 0.25) is 0 Å². The molecule has 0 unspecified atom stereocenters. The Labute approximate surface area is 93.0 Å². The molecule has 5 nitrogen and oxygen atoms in total. The van der Waals surface area contributed by atoms with Gasteiger partial charge in [0.15, 0.2) is 6.29 Å². The van der Waals surface area contributed by atoms with Gasteiger partial charge in [-0.1, -0.05) is 0 Å². The van der Waals surface area contributed by atoms with Crippen molar-refractivity contribution in [3.05, 3.63) is 17.3 Å². The molecule has 1 aromatic rings. The van der Waals surface area contributed by atoms with E-state index in [1.165, 1.54) is 12.0 Å². The second-order valence-corrected chi connectivity index (χ2v) is 3.63.